The van der Waals surface area contributed by atoms with Crippen LogP contribution in [0.3, 0.4) is 0 Å². The molecule has 0 atom stereocenters. The van der Waals surface area contributed by atoms with E-state index in [1.807, 2.05) is 0 Å². The van der Waals surface area contributed by atoms with Crippen molar-refractivity contribution >= 4 is 43.7 Å². The summed E-state index contributed by atoms with van der Waals surface area (Å²) in [4.78, 5) is 11.6. The maximum absolute atomic E-state index is 14.5. The van der Waals surface area contributed by atoms with E-state index in [0.29, 0.717) is 31.7 Å². The van der Waals surface area contributed by atoms with Gasteiger partial charge in [-0.05, 0) is 84.1 Å². The number of H-pyrrole nitrogens is 1. The highest BCUT2D eigenvalue weighted by Crippen LogP contribution is 2.49. The standard InChI is InChI=1S/C27H26BrF2N3O3/c28-24-23-21(11-17-13-31-32-25(17)24)33(18-5-6-19(29)20(30)12-18)26(15-7-9-36-10-8-15)22(23)14-1-3-16(4-2-14)27(34)35/h5-6,11-16H,1-4,7-10H2,(H,31,32)(H,34,35). The lowest BCUT2D eigenvalue weighted by Gasteiger charge is -2.31. The van der Waals surface area contributed by atoms with Crippen LogP contribution in [0.4, 0.5) is 8.78 Å². The molecule has 1 saturated carbocycles. The molecule has 0 radical (unpaired) electrons. The van der Waals surface area contributed by atoms with Gasteiger partial charge in [-0.3, -0.25) is 9.89 Å². The van der Waals surface area contributed by atoms with Crippen molar-refractivity contribution in [1.29, 1.82) is 0 Å². The van der Waals surface area contributed by atoms with Gasteiger partial charge in [-0.1, -0.05) is 0 Å². The molecular weight excluding hydrogens is 532 g/mol. The van der Waals surface area contributed by atoms with Crippen molar-refractivity contribution in [3.8, 4) is 5.69 Å². The minimum atomic E-state index is -0.890. The minimum Gasteiger partial charge on any atom is -0.481 e. The maximum atomic E-state index is 14.5. The van der Waals surface area contributed by atoms with Crippen LogP contribution in [-0.4, -0.2) is 39.1 Å². The number of hydrogen-bond donors (Lipinski definition) is 2. The summed E-state index contributed by atoms with van der Waals surface area (Å²) in [6.07, 6.45) is 6.18. The van der Waals surface area contributed by atoms with E-state index in [0.717, 1.165) is 57.7 Å². The second-order valence-corrected chi connectivity index (χ2v) is 10.7. The Balaban J connectivity index is 1.66. The third-order valence-corrected chi connectivity index (χ3v) is 8.73. The lowest BCUT2D eigenvalue weighted by Crippen LogP contribution is -2.23. The highest BCUT2D eigenvalue weighted by molar-refractivity contribution is 9.10. The average molecular weight is 558 g/mol. The molecule has 1 aliphatic carbocycles. The fraction of sp³-hybridized carbons (Fsp3) is 0.407. The van der Waals surface area contributed by atoms with E-state index in [4.69, 9.17) is 4.74 Å². The Morgan fingerprint density at radius 3 is 2.50 bits per heavy atom. The van der Waals surface area contributed by atoms with Crippen molar-refractivity contribution in [3.63, 3.8) is 0 Å². The summed E-state index contributed by atoms with van der Waals surface area (Å²) < 4.78 is 37.1. The molecular formula is C27H26BrF2N3O3. The maximum Gasteiger partial charge on any atom is 0.306 e. The Morgan fingerprint density at radius 1 is 1.06 bits per heavy atom. The fourth-order valence-corrected chi connectivity index (χ4v) is 6.90. The van der Waals surface area contributed by atoms with Gasteiger partial charge < -0.3 is 14.4 Å². The zero-order valence-corrected chi connectivity index (χ0v) is 21.2. The number of nitrogens with zero attached hydrogens (tertiary/aromatic N) is 2. The molecule has 2 aromatic heterocycles. The molecule has 6 rings (SSSR count). The summed E-state index contributed by atoms with van der Waals surface area (Å²) in [7, 11) is 0. The van der Waals surface area contributed by atoms with Crippen LogP contribution in [0, 0.1) is 17.6 Å². The van der Waals surface area contributed by atoms with Crippen LogP contribution in [-0.2, 0) is 9.53 Å². The van der Waals surface area contributed by atoms with Crippen molar-refractivity contribution in [2.24, 2.45) is 5.92 Å². The van der Waals surface area contributed by atoms with Crippen molar-refractivity contribution < 1.29 is 23.4 Å². The van der Waals surface area contributed by atoms with Gasteiger partial charge in [0.15, 0.2) is 11.6 Å². The van der Waals surface area contributed by atoms with E-state index < -0.39 is 17.6 Å². The Morgan fingerprint density at radius 2 is 1.81 bits per heavy atom. The first-order valence-electron chi connectivity index (χ1n) is 12.4. The van der Waals surface area contributed by atoms with E-state index in [1.54, 1.807) is 12.3 Å². The largest absolute Gasteiger partial charge is 0.481 e. The lowest BCUT2D eigenvalue weighted by molar-refractivity contribution is -0.142. The van der Waals surface area contributed by atoms with Crippen molar-refractivity contribution in [2.75, 3.05) is 13.2 Å². The second-order valence-electron chi connectivity index (χ2n) is 9.93. The van der Waals surface area contributed by atoms with E-state index in [2.05, 4.69) is 36.8 Å². The molecule has 9 heteroatoms. The summed E-state index contributed by atoms with van der Waals surface area (Å²) in [6.45, 7) is 1.28. The molecule has 188 valence electrons. The topological polar surface area (TPSA) is 80.1 Å². The molecule has 0 bridgehead atoms. The van der Waals surface area contributed by atoms with Crippen molar-refractivity contribution in [3.05, 3.63) is 57.8 Å². The Kier molecular flexibility index (Phi) is 6.08. The summed E-state index contributed by atoms with van der Waals surface area (Å²) >= 11 is 3.85. The number of carboxylic acid groups (broad SMARTS) is 1. The van der Waals surface area contributed by atoms with Crippen molar-refractivity contribution in [2.45, 2.75) is 50.4 Å². The summed E-state index contributed by atoms with van der Waals surface area (Å²) in [5.41, 5.74) is 4.62. The average Bonchev–Trinajstić information content (AvgIpc) is 3.50. The number of halogens is 3. The third-order valence-electron chi connectivity index (χ3n) is 7.94. The van der Waals surface area contributed by atoms with Gasteiger partial charge in [0.25, 0.3) is 0 Å². The number of aromatic amines is 1. The Hall–Kier alpha value is -2.78. The Bertz CT molecular complexity index is 1470. The predicted octanol–water partition coefficient (Wildman–Crippen LogP) is 6.80. The molecule has 4 aromatic rings. The van der Waals surface area contributed by atoms with Crippen LogP contribution >= 0.6 is 15.9 Å². The lowest BCUT2D eigenvalue weighted by atomic mass is 9.76. The summed E-state index contributed by atoms with van der Waals surface area (Å²) in [5.74, 6) is -2.50. The fourth-order valence-electron chi connectivity index (χ4n) is 6.17. The molecule has 36 heavy (non-hydrogen) atoms. The van der Waals surface area contributed by atoms with Gasteiger partial charge >= 0.3 is 5.97 Å². The van der Waals surface area contributed by atoms with Gasteiger partial charge in [0.2, 0.25) is 0 Å². The van der Waals surface area contributed by atoms with E-state index in [-0.39, 0.29) is 17.8 Å². The van der Waals surface area contributed by atoms with Crippen LogP contribution in [0.25, 0.3) is 27.5 Å². The molecule has 2 aromatic carbocycles. The number of aromatic nitrogens is 3. The third kappa shape index (κ3) is 3.84. The number of nitrogens with one attached hydrogen (secondary N) is 1. The molecule has 0 unspecified atom stereocenters. The van der Waals surface area contributed by atoms with Crippen LogP contribution in [0.2, 0.25) is 0 Å². The molecule has 1 aliphatic heterocycles. The van der Waals surface area contributed by atoms with Crippen LogP contribution in [0.15, 0.2) is 34.9 Å². The van der Waals surface area contributed by atoms with E-state index >= 15 is 0 Å². The Labute approximate surface area is 214 Å². The predicted molar refractivity (Wildman–Crippen MR) is 136 cm³/mol. The zero-order chi connectivity index (χ0) is 25.0. The first-order valence-corrected chi connectivity index (χ1v) is 13.2. The van der Waals surface area contributed by atoms with Gasteiger partial charge in [0.1, 0.15) is 0 Å². The number of carboxylic acids is 1. The van der Waals surface area contributed by atoms with Crippen LogP contribution in [0.5, 0.6) is 0 Å². The molecule has 2 aliphatic rings. The highest BCUT2D eigenvalue weighted by Gasteiger charge is 2.35. The number of ether oxygens (including phenoxy) is 1. The molecule has 0 amide bonds. The zero-order valence-electron chi connectivity index (χ0n) is 19.6. The molecule has 1 saturated heterocycles. The second kappa shape index (κ2) is 9.27. The van der Waals surface area contributed by atoms with Gasteiger partial charge in [0, 0.05) is 47.4 Å². The molecule has 6 nitrogen and oxygen atoms in total. The molecule has 0 spiro atoms. The summed E-state index contributed by atoms with van der Waals surface area (Å²) in [5, 5.41) is 18.8. The van der Waals surface area contributed by atoms with Gasteiger partial charge in [-0.15, -0.1) is 0 Å². The van der Waals surface area contributed by atoms with Crippen LogP contribution in [0.1, 0.15) is 61.6 Å². The highest BCUT2D eigenvalue weighted by atomic mass is 79.9. The molecule has 2 N–H and O–H groups in total. The number of carbonyl (C=O) groups is 1. The smallest absolute Gasteiger partial charge is 0.306 e. The number of rotatable bonds is 4. The van der Waals surface area contributed by atoms with E-state index in [9.17, 15) is 18.7 Å². The monoisotopic (exact) mass is 557 g/mol. The number of hydrogen-bond acceptors (Lipinski definition) is 3. The molecule has 2 fully saturated rings. The number of fused-ring (bicyclic) bond motifs is 2. The minimum absolute atomic E-state index is 0.157. The van der Waals surface area contributed by atoms with Gasteiger partial charge in [-0.2, -0.15) is 5.10 Å². The SMILES string of the molecule is O=C(O)C1CCC(c2c(C3CCOCC3)n(-c3ccc(F)c(F)c3)c3cc4cn[nH]c4c(Br)c23)CC1. The quantitative estimate of drug-likeness (QED) is 0.289. The van der Waals surface area contributed by atoms with Crippen molar-refractivity contribution in [1.82, 2.24) is 14.8 Å². The van der Waals surface area contributed by atoms with Gasteiger partial charge in [0.05, 0.1) is 27.6 Å². The molecule has 3 heterocycles. The first-order chi connectivity index (χ1) is 17.4. The van der Waals surface area contributed by atoms with Crippen LogP contribution < -0.4 is 0 Å². The number of aliphatic carboxylic acids is 1. The normalized spacial score (nSPS) is 21.4. The summed E-state index contributed by atoms with van der Waals surface area (Å²) in [6, 6.07) is 6.11. The van der Waals surface area contributed by atoms with Gasteiger partial charge in [-0.25, -0.2) is 8.78 Å². The van der Waals surface area contributed by atoms with E-state index in [1.165, 1.54) is 17.7 Å². The first kappa shape index (κ1) is 23.6. The number of benzene rings is 2.